The fourth-order valence-corrected chi connectivity index (χ4v) is 3.83. The zero-order valence-corrected chi connectivity index (χ0v) is 19.5. The number of hydrogen-bond donors (Lipinski definition) is 1. The van der Waals surface area contributed by atoms with Gasteiger partial charge in [-0.2, -0.15) is 10.4 Å². The van der Waals surface area contributed by atoms with Gasteiger partial charge < -0.3 is 14.6 Å². The number of rotatable bonds is 8. The van der Waals surface area contributed by atoms with E-state index in [1.807, 2.05) is 41.2 Å². The van der Waals surface area contributed by atoms with Gasteiger partial charge in [0.25, 0.3) is 5.56 Å². The number of ether oxygens (including phenoxy) is 1. The number of hydrogen-bond acceptors (Lipinski definition) is 8. The summed E-state index contributed by atoms with van der Waals surface area (Å²) < 4.78 is 8.66. The van der Waals surface area contributed by atoms with Crippen molar-refractivity contribution in [2.45, 2.75) is 19.6 Å². The van der Waals surface area contributed by atoms with Gasteiger partial charge in [0.1, 0.15) is 18.2 Å². The van der Waals surface area contributed by atoms with E-state index in [1.165, 1.54) is 13.4 Å². The van der Waals surface area contributed by atoms with Gasteiger partial charge in [-0.3, -0.25) is 9.48 Å². The Bertz CT molecular complexity index is 1620. The number of nitrogens with zero attached hydrogens (tertiary/aromatic N) is 7. The van der Waals surface area contributed by atoms with Gasteiger partial charge in [-0.05, 0) is 23.3 Å². The van der Waals surface area contributed by atoms with Crippen molar-refractivity contribution in [2.24, 2.45) is 0 Å². The van der Waals surface area contributed by atoms with E-state index in [1.54, 1.807) is 35.0 Å². The van der Waals surface area contributed by atoms with E-state index in [2.05, 4.69) is 31.4 Å². The molecule has 1 N–H and O–H groups in total. The van der Waals surface area contributed by atoms with Crippen molar-refractivity contribution < 1.29 is 4.74 Å². The van der Waals surface area contributed by atoms with Crippen LogP contribution in [0, 0.1) is 11.3 Å². The number of benzene rings is 1. The second-order valence-corrected chi connectivity index (χ2v) is 8.08. The maximum Gasteiger partial charge on any atom is 0.250 e. The first-order valence-electron chi connectivity index (χ1n) is 11.2. The first-order chi connectivity index (χ1) is 17.6. The zero-order valence-electron chi connectivity index (χ0n) is 19.5. The predicted octanol–water partition coefficient (Wildman–Crippen LogP) is 2.97. The molecule has 0 radical (unpaired) electrons. The van der Waals surface area contributed by atoms with Crippen LogP contribution in [0.25, 0.3) is 11.0 Å². The first kappa shape index (κ1) is 22.7. The van der Waals surface area contributed by atoms with Gasteiger partial charge in [0.05, 0.1) is 43.4 Å². The zero-order chi connectivity index (χ0) is 24.9. The van der Waals surface area contributed by atoms with Crippen LogP contribution in [0.3, 0.4) is 0 Å². The van der Waals surface area contributed by atoms with Gasteiger partial charge >= 0.3 is 0 Å². The topological polar surface area (TPSA) is 124 Å². The SMILES string of the molecule is COc1ccc(C#N)c(CNc2ncnc3nn(Cc4ccc(Cn5ccccc5=O)cc4)cc23)n1. The van der Waals surface area contributed by atoms with E-state index in [9.17, 15) is 10.1 Å². The summed E-state index contributed by atoms with van der Waals surface area (Å²) in [6, 6.07) is 18.7. The van der Waals surface area contributed by atoms with E-state index < -0.39 is 0 Å². The first-order valence-corrected chi connectivity index (χ1v) is 11.2. The average molecular weight is 479 g/mol. The Morgan fingerprint density at radius 1 is 1.03 bits per heavy atom. The third kappa shape index (κ3) is 4.90. The standard InChI is InChI=1S/C26H22N8O2/c1-36-23-10-9-20(12-27)22(31-23)13-28-25-21-16-34(32-26(21)30-17-29-25)15-19-7-5-18(6-8-19)14-33-11-3-2-4-24(33)35/h2-11,16-17H,13-15H2,1H3,(H,28,29,30,32). The van der Waals surface area contributed by atoms with Gasteiger partial charge in [0.2, 0.25) is 5.88 Å². The van der Waals surface area contributed by atoms with Crippen LogP contribution < -0.4 is 15.6 Å². The van der Waals surface area contributed by atoms with E-state index in [0.717, 1.165) is 16.5 Å². The molecule has 178 valence electrons. The number of methoxy groups -OCH3 is 1. The fourth-order valence-electron chi connectivity index (χ4n) is 3.83. The Balaban J connectivity index is 1.31. The minimum absolute atomic E-state index is 0.0265. The van der Waals surface area contributed by atoms with Crippen LogP contribution >= 0.6 is 0 Å². The molecule has 0 spiro atoms. The number of aromatic nitrogens is 6. The molecule has 0 aliphatic heterocycles. The van der Waals surface area contributed by atoms with Crippen LogP contribution in [-0.4, -0.2) is 36.4 Å². The second-order valence-electron chi connectivity index (χ2n) is 8.08. The highest BCUT2D eigenvalue weighted by molar-refractivity contribution is 5.85. The van der Waals surface area contributed by atoms with Crippen molar-refractivity contribution in [3.63, 3.8) is 0 Å². The van der Waals surface area contributed by atoms with Gasteiger partial charge in [-0.15, -0.1) is 0 Å². The second kappa shape index (κ2) is 10.1. The molecule has 10 heteroatoms. The normalized spacial score (nSPS) is 10.8. The maximum absolute atomic E-state index is 11.9. The van der Waals surface area contributed by atoms with Crippen molar-refractivity contribution in [3.05, 3.63) is 106 Å². The van der Waals surface area contributed by atoms with E-state index in [-0.39, 0.29) is 5.56 Å². The lowest BCUT2D eigenvalue weighted by atomic mass is 10.1. The van der Waals surface area contributed by atoms with Crippen LogP contribution in [0.15, 0.2) is 78.1 Å². The van der Waals surface area contributed by atoms with Gasteiger partial charge in [0, 0.05) is 24.5 Å². The molecule has 0 unspecified atom stereocenters. The predicted molar refractivity (Wildman–Crippen MR) is 134 cm³/mol. The molecule has 0 aliphatic rings. The summed E-state index contributed by atoms with van der Waals surface area (Å²) in [5, 5.41) is 18.0. The Hall–Kier alpha value is -5.04. The largest absolute Gasteiger partial charge is 0.481 e. The molecule has 0 atom stereocenters. The number of nitrogens with one attached hydrogen (secondary N) is 1. The molecular weight excluding hydrogens is 456 g/mol. The molecule has 1 aromatic carbocycles. The highest BCUT2D eigenvalue weighted by Crippen LogP contribution is 2.20. The highest BCUT2D eigenvalue weighted by Gasteiger charge is 2.11. The molecular formula is C26H22N8O2. The Morgan fingerprint density at radius 3 is 2.58 bits per heavy atom. The van der Waals surface area contributed by atoms with E-state index in [4.69, 9.17) is 4.74 Å². The summed E-state index contributed by atoms with van der Waals surface area (Å²) in [6.45, 7) is 1.37. The molecule has 0 fully saturated rings. The average Bonchev–Trinajstić information content (AvgIpc) is 3.32. The van der Waals surface area contributed by atoms with Crippen molar-refractivity contribution in [1.82, 2.24) is 29.3 Å². The van der Waals surface area contributed by atoms with Crippen LogP contribution in [0.2, 0.25) is 0 Å². The quantitative estimate of drug-likeness (QED) is 0.361. The van der Waals surface area contributed by atoms with Crippen LogP contribution in [0.4, 0.5) is 5.82 Å². The van der Waals surface area contributed by atoms with Crippen molar-refractivity contribution in [2.75, 3.05) is 12.4 Å². The van der Waals surface area contributed by atoms with Crippen LogP contribution in [0.1, 0.15) is 22.4 Å². The van der Waals surface area contributed by atoms with Gasteiger partial charge in [-0.25, -0.2) is 15.0 Å². The molecule has 10 nitrogen and oxygen atoms in total. The Kier molecular flexibility index (Phi) is 6.36. The molecule has 5 aromatic rings. The molecule has 0 aliphatic carbocycles. The summed E-state index contributed by atoms with van der Waals surface area (Å²) in [5.74, 6) is 1.04. The minimum Gasteiger partial charge on any atom is -0.481 e. The lowest BCUT2D eigenvalue weighted by Gasteiger charge is -2.08. The highest BCUT2D eigenvalue weighted by atomic mass is 16.5. The molecule has 5 rings (SSSR count). The van der Waals surface area contributed by atoms with Gasteiger partial charge in [-0.1, -0.05) is 30.3 Å². The van der Waals surface area contributed by atoms with Gasteiger partial charge in [0.15, 0.2) is 5.65 Å². The number of nitriles is 1. The smallest absolute Gasteiger partial charge is 0.250 e. The number of fused-ring (bicyclic) bond motifs is 1. The van der Waals surface area contributed by atoms with E-state index >= 15 is 0 Å². The minimum atomic E-state index is -0.0265. The maximum atomic E-state index is 11.9. The van der Waals surface area contributed by atoms with E-state index in [0.29, 0.717) is 48.2 Å². The molecule has 36 heavy (non-hydrogen) atoms. The Morgan fingerprint density at radius 2 is 1.83 bits per heavy atom. The molecule has 4 heterocycles. The Labute approximate surface area is 206 Å². The lowest BCUT2D eigenvalue weighted by Crippen LogP contribution is -2.18. The molecule has 0 amide bonds. The third-order valence-electron chi connectivity index (χ3n) is 5.69. The molecule has 0 saturated heterocycles. The lowest BCUT2D eigenvalue weighted by molar-refractivity contribution is 0.396. The van der Waals surface area contributed by atoms with Crippen LogP contribution in [-0.2, 0) is 19.6 Å². The van der Waals surface area contributed by atoms with Crippen molar-refractivity contribution in [1.29, 1.82) is 5.26 Å². The summed E-state index contributed by atoms with van der Waals surface area (Å²) in [7, 11) is 1.53. The molecule has 0 bridgehead atoms. The summed E-state index contributed by atoms with van der Waals surface area (Å²) in [6.07, 6.45) is 5.12. The van der Waals surface area contributed by atoms with Crippen LogP contribution in [0.5, 0.6) is 5.88 Å². The molecule has 4 aromatic heterocycles. The summed E-state index contributed by atoms with van der Waals surface area (Å²) >= 11 is 0. The van der Waals surface area contributed by atoms with Crippen molar-refractivity contribution in [3.8, 4) is 11.9 Å². The number of pyridine rings is 2. The third-order valence-corrected chi connectivity index (χ3v) is 5.69. The monoisotopic (exact) mass is 478 g/mol. The summed E-state index contributed by atoms with van der Waals surface area (Å²) in [4.78, 5) is 25.0. The fraction of sp³-hybridized carbons (Fsp3) is 0.154. The van der Waals surface area contributed by atoms with Crippen molar-refractivity contribution >= 4 is 16.9 Å². The number of anilines is 1. The summed E-state index contributed by atoms with van der Waals surface area (Å²) in [5.41, 5.74) is 3.67. The molecule has 0 saturated carbocycles.